The molecular formula is C13H10N2S. The van der Waals surface area contributed by atoms with Crippen LogP contribution in [0.2, 0.25) is 0 Å². The van der Waals surface area contributed by atoms with E-state index in [2.05, 4.69) is 6.07 Å². The van der Waals surface area contributed by atoms with Crippen LogP contribution in [0.4, 0.5) is 5.69 Å². The number of hydrogen-bond acceptors (Lipinski definition) is 3. The maximum atomic E-state index is 9.00. The second-order valence-electron chi connectivity index (χ2n) is 3.28. The minimum Gasteiger partial charge on any atom is -0.399 e. The van der Waals surface area contributed by atoms with Crippen LogP contribution in [0.15, 0.2) is 58.3 Å². The molecule has 16 heavy (non-hydrogen) atoms. The number of nitrogens with zero attached hydrogens (tertiary/aromatic N) is 1. The number of rotatable bonds is 2. The summed E-state index contributed by atoms with van der Waals surface area (Å²) in [6, 6.07) is 17.5. The molecule has 2 nitrogen and oxygen atoms in total. The van der Waals surface area contributed by atoms with Crippen molar-refractivity contribution in [2.24, 2.45) is 0 Å². The molecule has 0 aliphatic carbocycles. The van der Waals surface area contributed by atoms with Crippen molar-refractivity contribution < 1.29 is 0 Å². The summed E-state index contributed by atoms with van der Waals surface area (Å²) in [5.41, 5.74) is 6.87. The Bertz CT molecular complexity index is 529. The van der Waals surface area contributed by atoms with Crippen LogP contribution < -0.4 is 5.73 Å². The standard InChI is InChI=1S/C13H10N2S/c14-9-10-8-11(15)6-7-13(10)16-12-4-2-1-3-5-12/h1-8H,15H2. The molecule has 0 spiro atoms. The molecule has 0 saturated heterocycles. The molecule has 0 amide bonds. The van der Waals surface area contributed by atoms with Gasteiger partial charge in [-0.05, 0) is 30.3 Å². The summed E-state index contributed by atoms with van der Waals surface area (Å²) < 4.78 is 0. The molecule has 0 aliphatic heterocycles. The summed E-state index contributed by atoms with van der Waals surface area (Å²) in [6.07, 6.45) is 0. The zero-order valence-electron chi connectivity index (χ0n) is 8.55. The van der Waals surface area contributed by atoms with E-state index in [-0.39, 0.29) is 0 Å². The van der Waals surface area contributed by atoms with Crippen LogP contribution in [0.5, 0.6) is 0 Å². The molecule has 0 fully saturated rings. The Labute approximate surface area is 98.7 Å². The fraction of sp³-hybridized carbons (Fsp3) is 0. The topological polar surface area (TPSA) is 49.8 Å². The Kier molecular flexibility index (Phi) is 3.13. The molecule has 0 saturated carbocycles. The Balaban J connectivity index is 2.32. The smallest absolute Gasteiger partial charge is 0.100 e. The molecule has 2 aromatic rings. The van der Waals surface area contributed by atoms with Gasteiger partial charge in [0.1, 0.15) is 6.07 Å². The molecule has 0 unspecified atom stereocenters. The molecule has 0 heterocycles. The van der Waals surface area contributed by atoms with E-state index in [1.54, 1.807) is 17.8 Å². The van der Waals surface area contributed by atoms with E-state index < -0.39 is 0 Å². The summed E-state index contributed by atoms with van der Waals surface area (Å²) in [4.78, 5) is 2.05. The summed E-state index contributed by atoms with van der Waals surface area (Å²) in [5.74, 6) is 0. The lowest BCUT2D eigenvalue weighted by Gasteiger charge is -2.04. The zero-order chi connectivity index (χ0) is 11.4. The molecule has 0 radical (unpaired) electrons. The maximum Gasteiger partial charge on any atom is 0.100 e. The van der Waals surface area contributed by atoms with Crippen molar-refractivity contribution in [3.8, 4) is 6.07 Å². The van der Waals surface area contributed by atoms with Crippen LogP contribution >= 0.6 is 11.8 Å². The van der Waals surface area contributed by atoms with E-state index in [1.807, 2.05) is 42.5 Å². The lowest BCUT2D eigenvalue weighted by molar-refractivity contribution is 1.35. The van der Waals surface area contributed by atoms with E-state index in [4.69, 9.17) is 11.0 Å². The largest absolute Gasteiger partial charge is 0.399 e. The van der Waals surface area contributed by atoms with E-state index in [1.165, 1.54) is 0 Å². The van der Waals surface area contributed by atoms with Crippen LogP contribution in [0.1, 0.15) is 5.56 Å². The van der Waals surface area contributed by atoms with Gasteiger partial charge >= 0.3 is 0 Å². The molecule has 2 N–H and O–H groups in total. The first-order valence-corrected chi connectivity index (χ1v) is 5.64. The zero-order valence-corrected chi connectivity index (χ0v) is 9.37. The maximum absolute atomic E-state index is 9.00. The van der Waals surface area contributed by atoms with Gasteiger partial charge in [0, 0.05) is 15.5 Å². The van der Waals surface area contributed by atoms with E-state index in [9.17, 15) is 0 Å². The summed E-state index contributed by atoms with van der Waals surface area (Å²) in [5, 5.41) is 9.00. The number of benzene rings is 2. The van der Waals surface area contributed by atoms with Gasteiger partial charge < -0.3 is 5.73 Å². The fourth-order valence-corrected chi connectivity index (χ4v) is 2.24. The normalized spacial score (nSPS) is 9.69. The predicted octanol–water partition coefficient (Wildman–Crippen LogP) is 3.29. The van der Waals surface area contributed by atoms with Crippen LogP contribution in [0.25, 0.3) is 0 Å². The lowest BCUT2D eigenvalue weighted by atomic mass is 10.2. The van der Waals surface area contributed by atoms with Gasteiger partial charge in [0.05, 0.1) is 5.56 Å². The van der Waals surface area contributed by atoms with E-state index in [0.29, 0.717) is 11.3 Å². The van der Waals surface area contributed by atoms with Crippen LogP contribution in [-0.4, -0.2) is 0 Å². The van der Waals surface area contributed by atoms with Crippen molar-refractivity contribution in [3.63, 3.8) is 0 Å². The van der Waals surface area contributed by atoms with Crippen molar-refractivity contribution >= 4 is 17.4 Å². The van der Waals surface area contributed by atoms with Gasteiger partial charge in [-0.2, -0.15) is 5.26 Å². The van der Waals surface area contributed by atoms with Gasteiger partial charge in [-0.15, -0.1) is 0 Å². The highest BCUT2D eigenvalue weighted by Gasteiger charge is 2.04. The quantitative estimate of drug-likeness (QED) is 0.799. The van der Waals surface area contributed by atoms with Gasteiger partial charge in [-0.1, -0.05) is 30.0 Å². The van der Waals surface area contributed by atoms with Crippen LogP contribution in [-0.2, 0) is 0 Å². The van der Waals surface area contributed by atoms with Crippen LogP contribution in [0.3, 0.4) is 0 Å². The number of anilines is 1. The van der Waals surface area contributed by atoms with E-state index >= 15 is 0 Å². The highest BCUT2D eigenvalue weighted by Crippen LogP contribution is 2.30. The Morgan fingerprint density at radius 1 is 1.06 bits per heavy atom. The van der Waals surface area contributed by atoms with Crippen molar-refractivity contribution in [1.82, 2.24) is 0 Å². The number of hydrogen-bond donors (Lipinski definition) is 1. The molecule has 0 bridgehead atoms. The number of nitrogen functional groups attached to an aromatic ring is 1. The fourth-order valence-electron chi connectivity index (χ4n) is 1.34. The summed E-state index contributed by atoms with van der Waals surface area (Å²) in [7, 11) is 0. The minimum absolute atomic E-state index is 0.619. The van der Waals surface area contributed by atoms with E-state index in [0.717, 1.165) is 9.79 Å². The summed E-state index contributed by atoms with van der Waals surface area (Å²) in [6.45, 7) is 0. The van der Waals surface area contributed by atoms with Crippen molar-refractivity contribution in [1.29, 1.82) is 5.26 Å². The van der Waals surface area contributed by atoms with Gasteiger partial charge in [0.15, 0.2) is 0 Å². The molecule has 78 valence electrons. The molecule has 0 atom stereocenters. The Morgan fingerprint density at radius 2 is 1.81 bits per heavy atom. The third-order valence-electron chi connectivity index (χ3n) is 2.10. The SMILES string of the molecule is N#Cc1cc(N)ccc1Sc1ccccc1. The monoisotopic (exact) mass is 226 g/mol. The second-order valence-corrected chi connectivity index (χ2v) is 4.40. The minimum atomic E-state index is 0.619. The highest BCUT2D eigenvalue weighted by molar-refractivity contribution is 7.99. The van der Waals surface area contributed by atoms with Gasteiger partial charge in [-0.3, -0.25) is 0 Å². The summed E-state index contributed by atoms with van der Waals surface area (Å²) >= 11 is 1.57. The van der Waals surface area contributed by atoms with Crippen molar-refractivity contribution in [2.45, 2.75) is 9.79 Å². The van der Waals surface area contributed by atoms with Gasteiger partial charge in [-0.25, -0.2) is 0 Å². The molecule has 2 rings (SSSR count). The lowest BCUT2D eigenvalue weighted by Crippen LogP contribution is -1.87. The van der Waals surface area contributed by atoms with Crippen molar-refractivity contribution in [2.75, 3.05) is 5.73 Å². The average Bonchev–Trinajstić information content (AvgIpc) is 2.33. The third-order valence-corrected chi connectivity index (χ3v) is 3.18. The first-order chi connectivity index (χ1) is 7.79. The Morgan fingerprint density at radius 3 is 2.50 bits per heavy atom. The average molecular weight is 226 g/mol. The molecule has 0 aliphatic rings. The highest BCUT2D eigenvalue weighted by atomic mass is 32.2. The first kappa shape index (κ1) is 10.6. The Hall–Kier alpha value is -1.92. The second kappa shape index (κ2) is 4.73. The van der Waals surface area contributed by atoms with Gasteiger partial charge in [0.2, 0.25) is 0 Å². The predicted molar refractivity (Wildman–Crippen MR) is 66.1 cm³/mol. The third kappa shape index (κ3) is 2.36. The molecule has 3 heteroatoms. The van der Waals surface area contributed by atoms with Gasteiger partial charge in [0.25, 0.3) is 0 Å². The van der Waals surface area contributed by atoms with Crippen LogP contribution in [0, 0.1) is 11.3 Å². The molecule has 2 aromatic carbocycles. The molecule has 0 aromatic heterocycles. The first-order valence-electron chi connectivity index (χ1n) is 4.82. The number of nitriles is 1. The number of nitrogens with two attached hydrogens (primary N) is 1. The van der Waals surface area contributed by atoms with Crippen molar-refractivity contribution in [3.05, 3.63) is 54.1 Å². The molecular weight excluding hydrogens is 216 g/mol.